The molecular weight excluding hydrogens is 607 g/mol. The highest BCUT2D eigenvalue weighted by Gasteiger charge is 2.21. The van der Waals surface area contributed by atoms with Gasteiger partial charge in [-0.15, -0.1) is 0 Å². The van der Waals surface area contributed by atoms with E-state index >= 15 is 0 Å². The minimum Gasteiger partial charge on any atom is -0.294 e. The van der Waals surface area contributed by atoms with Crippen LogP contribution >= 0.6 is 0 Å². The number of aryl methyl sites for hydroxylation is 2. The molecule has 0 spiro atoms. The lowest BCUT2D eigenvalue weighted by Crippen LogP contribution is -2.11. The van der Waals surface area contributed by atoms with Crippen LogP contribution in [-0.2, 0) is 5.41 Å². The molecule has 242 valence electrons. The fourth-order valence-electron chi connectivity index (χ4n) is 7.76. The molecule has 0 amide bonds. The highest BCUT2D eigenvalue weighted by atomic mass is 15.1. The van der Waals surface area contributed by atoms with E-state index in [9.17, 15) is 0 Å². The molecule has 0 saturated heterocycles. The molecule has 0 aliphatic heterocycles. The SMILES string of the molecule is Cc1cc(-c2cccc(-n3c4ccccc4c4cc5c6ccccc6n(-c6cccc(C(C)(C)C)c6)c5nc43)c2)c(C)cc1-c1ccccc1. The second-order valence-corrected chi connectivity index (χ2v) is 14.6. The van der Waals surface area contributed by atoms with Gasteiger partial charge in [0.05, 0.1) is 11.0 Å². The molecule has 0 bridgehead atoms. The van der Waals surface area contributed by atoms with Crippen molar-refractivity contribution in [2.75, 3.05) is 0 Å². The second-order valence-electron chi connectivity index (χ2n) is 14.6. The monoisotopic (exact) mass is 645 g/mol. The van der Waals surface area contributed by atoms with Crippen molar-refractivity contribution in [3.05, 3.63) is 162 Å². The van der Waals surface area contributed by atoms with Crippen molar-refractivity contribution in [2.45, 2.75) is 40.0 Å². The van der Waals surface area contributed by atoms with Gasteiger partial charge in [-0.25, -0.2) is 4.98 Å². The maximum absolute atomic E-state index is 5.60. The Balaban J connectivity index is 1.29. The summed E-state index contributed by atoms with van der Waals surface area (Å²) in [4.78, 5) is 5.60. The summed E-state index contributed by atoms with van der Waals surface area (Å²) in [6, 6.07) is 53.0. The first kappa shape index (κ1) is 30.2. The van der Waals surface area contributed by atoms with E-state index in [1.807, 2.05) is 0 Å². The van der Waals surface area contributed by atoms with Gasteiger partial charge in [-0.2, -0.15) is 0 Å². The fourth-order valence-corrected chi connectivity index (χ4v) is 7.76. The Labute approximate surface area is 293 Å². The molecule has 0 N–H and O–H groups in total. The Kier molecular flexibility index (Phi) is 6.82. The topological polar surface area (TPSA) is 22.8 Å². The smallest absolute Gasteiger partial charge is 0.148 e. The van der Waals surface area contributed by atoms with Gasteiger partial charge < -0.3 is 0 Å². The lowest BCUT2D eigenvalue weighted by atomic mass is 9.87. The molecule has 3 aromatic heterocycles. The summed E-state index contributed by atoms with van der Waals surface area (Å²) in [6.45, 7) is 11.2. The van der Waals surface area contributed by atoms with E-state index in [-0.39, 0.29) is 5.41 Å². The fraction of sp³-hybridized carbons (Fsp3) is 0.128. The van der Waals surface area contributed by atoms with E-state index in [1.54, 1.807) is 0 Å². The first-order valence-electron chi connectivity index (χ1n) is 17.5. The maximum Gasteiger partial charge on any atom is 0.148 e. The van der Waals surface area contributed by atoms with Gasteiger partial charge in [0.2, 0.25) is 0 Å². The van der Waals surface area contributed by atoms with Crippen LogP contribution in [0.1, 0.15) is 37.5 Å². The van der Waals surface area contributed by atoms with Gasteiger partial charge in [-0.1, -0.05) is 124 Å². The number of fused-ring (bicyclic) bond motifs is 6. The van der Waals surface area contributed by atoms with Crippen molar-refractivity contribution in [3.8, 4) is 33.6 Å². The van der Waals surface area contributed by atoms with Crippen LogP contribution in [0.3, 0.4) is 0 Å². The average Bonchev–Trinajstić information content (AvgIpc) is 3.63. The van der Waals surface area contributed by atoms with Gasteiger partial charge >= 0.3 is 0 Å². The molecule has 3 heteroatoms. The van der Waals surface area contributed by atoms with E-state index in [0.29, 0.717) is 0 Å². The van der Waals surface area contributed by atoms with Crippen LogP contribution in [0, 0.1) is 13.8 Å². The number of hydrogen-bond donors (Lipinski definition) is 0. The zero-order valence-electron chi connectivity index (χ0n) is 29.2. The van der Waals surface area contributed by atoms with Gasteiger partial charge in [0, 0.05) is 32.9 Å². The number of aromatic nitrogens is 3. The molecule has 0 unspecified atom stereocenters. The highest BCUT2D eigenvalue weighted by molar-refractivity contribution is 6.16. The molecule has 0 fully saturated rings. The summed E-state index contributed by atoms with van der Waals surface area (Å²) >= 11 is 0. The third-order valence-corrected chi connectivity index (χ3v) is 10.3. The molecule has 3 nitrogen and oxygen atoms in total. The summed E-state index contributed by atoms with van der Waals surface area (Å²) in [5.41, 5.74) is 15.3. The molecule has 50 heavy (non-hydrogen) atoms. The number of hydrogen-bond acceptors (Lipinski definition) is 1. The second kappa shape index (κ2) is 11.3. The van der Waals surface area contributed by atoms with Crippen LogP contribution in [0.4, 0.5) is 0 Å². The van der Waals surface area contributed by atoms with Gasteiger partial charge in [-0.3, -0.25) is 9.13 Å². The standard InChI is InChI=1S/C47H39N3/c1-30-26-40(31(2)25-39(30)32-15-7-6-8-16-32)33-17-13-19-35(27-33)49-43-23-11-9-21-37(43)41-29-42-38-22-10-12-24-44(38)50(46(42)48-45(41)49)36-20-14-18-34(28-36)47(3,4)5/h6-29H,1-5H3. The summed E-state index contributed by atoms with van der Waals surface area (Å²) < 4.78 is 4.69. The minimum atomic E-state index is 0.0334. The Morgan fingerprint density at radius 3 is 1.54 bits per heavy atom. The quantitative estimate of drug-likeness (QED) is 0.187. The van der Waals surface area contributed by atoms with Crippen molar-refractivity contribution in [2.24, 2.45) is 0 Å². The Morgan fingerprint density at radius 1 is 0.440 bits per heavy atom. The first-order valence-corrected chi connectivity index (χ1v) is 17.5. The van der Waals surface area contributed by atoms with Gasteiger partial charge in [0.15, 0.2) is 0 Å². The molecule has 0 aliphatic rings. The average molecular weight is 646 g/mol. The molecule has 0 saturated carbocycles. The molecule has 0 atom stereocenters. The van der Waals surface area contributed by atoms with E-state index in [1.165, 1.54) is 49.7 Å². The molecule has 0 radical (unpaired) electrons. The number of benzene rings is 6. The predicted octanol–water partition coefficient (Wildman–Crippen LogP) is 12.5. The van der Waals surface area contributed by atoms with Crippen molar-refractivity contribution in [1.29, 1.82) is 0 Å². The van der Waals surface area contributed by atoms with E-state index in [4.69, 9.17) is 4.98 Å². The molecule has 9 aromatic rings. The van der Waals surface area contributed by atoms with Crippen molar-refractivity contribution >= 4 is 43.9 Å². The number of nitrogens with zero attached hydrogens (tertiary/aromatic N) is 3. The number of rotatable bonds is 4. The molecular formula is C47H39N3. The van der Waals surface area contributed by atoms with Crippen LogP contribution in [0.5, 0.6) is 0 Å². The Morgan fingerprint density at radius 2 is 0.940 bits per heavy atom. The van der Waals surface area contributed by atoms with E-state index < -0.39 is 0 Å². The Hall–Kier alpha value is -5.93. The van der Waals surface area contributed by atoms with Crippen LogP contribution in [-0.4, -0.2) is 14.1 Å². The molecule has 0 aliphatic carbocycles. The molecule has 9 rings (SSSR count). The van der Waals surface area contributed by atoms with Crippen LogP contribution in [0.15, 0.2) is 146 Å². The lowest BCUT2D eigenvalue weighted by molar-refractivity contribution is 0.590. The van der Waals surface area contributed by atoms with E-state index in [2.05, 4.69) is 189 Å². The van der Waals surface area contributed by atoms with Crippen LogP contribution in [0.25, 0.3) is 77.5 Å². The normalized spacial score (nSPS) is 12.1. The maximum atomic E-state index is 5.60. The predicted molar refractivity (Wildman–Crippen MR) is 212 cm³/mol. The summed E-state index contributed by atoms with van der Waals surface area (Å²) in [5.74, 6) is 0. The number of para-hydroxylation sites is 2. The number of pyridine rings is 1. The van der Waals surface area contributed by atoms with Gasteiger partial charge in [0.25, 0.3) is 0 Å². The van der Waals surface area contributed by atoms with Crippen molar-refractivity contribution in [3.63, 3.8) is 0 Å². The first-order chi connectivity index (χ1) is 24.3. The summed E-state index contributed by atoms with van der Waals surface area (Å²) in [7, 11) is 0. The minimum absolute atomic E-state index is 0.0334. The van der Waals surface area contributed by atoms with Crippen molar-refractivity contribution in [1.82, 2.24) is 14.1 Å². The third-order valence-electron chi connectivity index (χ3n) is 10.3. The van der Waals surface area contributed by atoms with Crippen LogP contribution < -0.4 is 0 Å². The Bertz CT molecular complexity index is 2750. The highest BCUT2D eigenvalue weighted by Crippen LogP contribution is 2.39. The van der Waals surface area contributed by atoms with Crippen molar-refractivity contribution < 1.29 is 0 Å². The van der Waals surface area contributed by atoms with Gasteiger partial charge in [0.1, 0.15) is 11.3 Å². The molecule has 6 aromatic carbocycles. The zero-order chi connectivity index (χ0) is 34.1. The lowest BCUT2D eigenvalue weighted by Gasteiger charge is -2.20. The molecule has 3 heterocycles. The summed E-state index contributed by atoms with van der Waals surface area (Å²) in [5, 5.41) is 4.73. The zero-order valence-corrected chi connectivity index (χ0v) is 29.2. The van der Waals surface area contributed by atoms with Crippen LogP contribution in [0.2, 0.25) is 0 Å². The summed E-state index contributed by atoms with van der Waals surface area (Å²) in [6.07, 6.45) is 0. The van der Waals surface area contributed by atoms with Gasteiger partial charge in [-0.05, 0) is 101 Å². The van der Waals surface area contributed by atoms with E-state index in [0.717, 1.165) is 44.5 Å². The largest absolute Gasteiger partial charge is 0.294 e. The third kappa shape index (κ3) is 4.76.